The van der Waals surface area contributed by atoms with Crippen molar-refractivity contribution < 1.29 is 14.6 Å². The summed E-state index contributed by atoms with van der Waals surface area (Å²) in [6, 6.07) is 3.56. The Morgan fingerprint density at radius 2 is 2.44 bits per heavy atom. The van der Waals surface area contributed by atoms with Gasteiger partial charge in [0.1, 0.15) is 5.69 Å². The van der Waals surface area contributed by atoms with Crippen LogP contribution in [0.15, 0.2) is 18.3 Å². The second-order valence-electron chi connectivity index (χ2n) is 3.64. The minimum Gasteiger partial charge on any atom is -0.392 e. The van der Waals surface area contributed by atoms with E-state index < -0.39 is 6.10 Å². The van der Waals surface area contributed by atoms with E-state index in [4.69, 9.17) is 9.84 Å². The molecule has 5 heteroatoms. The smallest absolute Gasteiger partial charge is 0.267 e. The van der Waals surface area contributed by atoms with Crippen LogP contribution in [0.1, 0.15) is 17.4 Å². The molecule has 0 bridgehead atoms. The fraction of sp³-hybridized carbons (Fsp3) is 0.545. The van der Waals surface area contributed by atoms with Gasteiger partial charge in [-0.25, -0.2) is 0 Å². The summed E-state index contributed by atoms with van der Waals surface area (Å²) in [5.74, 6) is -0.179. The molecule has 0 aliphatic carbocycles. The summed E-state index contributed by atoms with van der Waals surface area (Å²) in [5.41, 5.74) is 0.581. The molecule has 0 aromatic carbocycles. The lowest BCUT2D eigenvalue weighted by Gasteiger charge is -2.10. The zero-order valence-electron chi connectivity index (χ0n) is 9.64. The molecule has 0 saturated heterocycles. The molecule has 16 heavy (non-hydrogen) atoms. The van der Waals surface area contributed by atoms with Crippen molar-refractivity contribution in [1.82, 2.24) is 9.88 Å². The molecule has 0 fully saturated rings. The van der Waals surface area contributed by atoms with Crippen molar-refractivity contribution in [2.75, 3.05) is 20.3 Å². The largest absolute Gasteiger partial charge is 0.392 e. The van der Waals surface area contributed by atoms with Gasteiger partial charge in [0.2, 0.25) is 0 Å². The quantitative estimate of drug-likeness (QED) is 0.730. The van der Waals surface area contributed by atoms with Crippen molar-refractivity contribution in [3.05, 3.63) is 24.0 Å². The number of nitrogens with one attached hydrogen (secondary N) is 1. The first-order valence-electron chi connectivity index (χ1n) is 5.25. The van der Waals surface area contributed by atoms with Crippen LogP contribution in [0, 0.1) is 0 Å². The molecule has 1 unspecified atom stereocenters. The van der Waals surface area contributed by atoms with Gasteiger partial charge in [-0.15, -0.1) is 0 Å². The van der Waals surface area contributed by atoms with E-state index in [1.807, 2.05) is 16.8 Å². The summed E-state index contributed by atoms with van der Waals surface area (Å²) < 4.78 is 6.78. The molecular formula is C11H18N2O3. The van der Waals surface area contributed by atoms with Crippen LogP contribution in [0.25, 0.3) is 0 Å². The number of aliphatic hydroxyl groups is 1. The number of methoxy groups -OCH3 is 1. The normalized spacial score (nSPS) is 12.4. The van der Waals surface area contributed by atoms with Gasteiger partial charge in [-0.05, 0) is 19.1 Å². The first kappa shape index (κ1) is 12.7. The Hall–Kier alpha value is -1.33. The molecule has 0 spiro atoms. The number of aliphatic hydroxyl groups excluding tert-OH is 1. The number of amides is 1. The Balaban J connectivity index is 2.57. The maximum atomic E-state index is 11.7. The van der Waals surface area contributed by atoms with Gasteiger partial charge in [-0.2, -0.15) is 0 Å². The summed E-state index contributed by atoms with van der Waals surface area (Å²) >= 11 is 0. The Labute approximate surface area is 95.0 Å². The number of hydrogen-bond acceptors (Lipinski definition) is 3. The average molecular weight is 226 g/mol. The van der Waals surface area contributed by atoms with E-state index in [-0.39, 0.29) is 12.5 Å². The molecule has 1 heterocycles. The molecule has 2 N–H and O–H groups in total. The Bertz CT molecular complexity index is 334. The maximum absolute atomic E-state index is 11.7. The number of nitrogens with zero attached hydrogens (tertiary/aromatic N) is 1. The zero-order chi connectivity index (χ0) is 12.0. The molecule has 0 aliphatic rings. The fourth-order valence-electron chi connectivity index (χ4n) is 1.34. The summed E-state index contributed by atoms with van der Waals surface area (Å²) in [6.07, 6.45) is 1.29. The van der Waals surface area contributed by atoms with Crippen LogP contribution in [-0.2, 0) is 11.3 Å². The topological polar surface area (TPSA) is 63.5 Å². The van der Waals surface area contributed by atoms with Crippen LogP contribution in [-0.4, -0.2) is 41.9 Å². The van der Waals surface area contributed by atoms with Gasteiger partial charge in [0.15, 0.2) is 0 Å². The third-order valence-corrected chi connectivity index (χ3v) is 2.16. The van der Waals surface area contributed by atoms with Crippen molar-refractivity contribution in [2.24, 2.45) is 0 Å². The molecule has 1 aromatic rings. The highest BCUT2D eigenvalue weighted by molar-refractivity contribution is 5.92. The zero-order valence-corrected chi connectivity index (χ0v) is 9.64. The third kappa shape index (κ3) is 3.67. The van der Waals surface area contributed by atoms with E-state index in [2.05, 4.69) is 5.32 Å². The van der Waals surface area contributed by atoms with Crippen molar-refractivity contribution in [3.63, 3.8) is 0 Å². The van der Waals surface area contributed by atoms with Gasteiger partial charge in [0.25, 0.3) is 5.91 Å². The minimum absolute atomic E-state index is 0.179. The predicted molar refractivity (Wildman–Crippen MR) is 60.3 cm³/mol. The molecule has 0 aliphatic heterocycles. The van der Waals surface area contributed by atoms with Crippen LogP contribution < -0.4 is 5.32 Å². The minimum atomic E-state index is -0.536. The van der Waals surface area contributed by atoms with Gasteiger partial charge in [-0.1, -0.05) is 0 Å². The van der Waals surface area contributed by atoms with Crippen molar-refractivity contribution in [1.29, 1.82) is 0 Å². The number of hydrogen-bond donors (Lipinski definition) is 2. The summed E-state index contributed by atoms with van der Waals surface area (Å²) in [4.78, 5) is 11.7. The lowest BCUT2D eigenvalue weighted by atomic mass is 10.3. The van der Waals surface area contributed by atoms with Crippen LogP contribution in [0.2, 0.25) is 0 Å². The summed E-state index contributed by atoms with van der Waals surface area (Å²) in [5, 5.41) is 11.7. The number of carbonyl (C=O) groups is 1. The Morgan fingerprint density at radius 1 is 1.69 bits per heavy atom. The first-order valence-corrected chi connectivity index (χ1v) is 5.25. The second kappa shape index (κ2) is 6.30. The molecule has 0 radical (unpaired) electrons. The highest BCUT2D eigenvalue weighted by Gasteiger charge is 2.10. The van der Waals surface area contributed by atoms with Crippen LogP contribution >= 0.6 is 0 Å². The Morgan fingerprint density at radius 3 is 3.06 bits per heavy atom. The first-order chi connectivity index (χ1) is 7.65. The van der Waals surface area contributed by atoms with E-state index in [0.717, 1.165) is 0 Å². The van der Waals surface area contributed by atoms with Crippen molar-refractivity contribution in [3.8, 4) is 0 Å². The third-order valence-electron chi connectivity index (χ3n) is 2.16. The number of aromatic nitrogens is 1. The van der Waals surface area contributed by atoms with Crippen molar-refractivity contribution >= 4 is 5.91 Å². The molecule has 1 aromatic heterocycles. The predicted octanol–water partition coefficient (Wildman–Crippen LogP) is 0.245. The van der Waals surface area contributed by atoms with Crippen molar-refractivity contribution in [2.45, 2.75) is 19.6 Å². The van der Waals surface area contributed by atoms with E-state index in [1.54, 1.807) is 20.1 Å². The fourth-order valence-corrected chi connectivity index (χ4v) is 1.34. The van der Waals surface area contributed by atoms with E-state index >= 15 is 0 Å². The van der Waals surface area contributed by atoms with E-state index in [0.29, 0.717) is 18.8 Å². The highest BCUT2D eigenvalue weighted by atomic mass is 16.5. The number of rotatable bonds is 6. The molecule has 1 atom stereocenters. The average Bonchev–Trinajstić information content (AvgIpc) is 2.71. The summed E-state index contributed by atoms with van der Waals surface area (Å²) in [6.45, 7) is 3.09. The Kier molecular flexibility index (Phi) is 5.01. The van der Waals surface area contributed by atoms with E-state index in [9.17, 15) is 4.79 Å². The van der Waals surface area contributed by atoms with E-state index in [1.165, 1.54) is 0 Å². The molecule has 0 saturated carbocycles. The lowest BCUT2D eigenvalue weighted by molar-refractivity contribution is 0.0912. The molecule has 5 nitrogen and oxygen atoms in total. The van der Waals surface area contributed by atoms with Crippen LogP contribution in [0.4, 0.5) is 0 Å². The number of ether oxygens (including phenoxy) is 1. The van der Waals surface area contributed by atoms with Crippen LogP contribution in [0.5, 0.6) is 0 Å². The number of carbonyl (C=O) groups excluding carboxylic acids is 1. The maximum Gasteiger partial charge on any atom is 0.267 e. The van der Waals surface area contributed by atoms with Gasteiger partial charge in [0.05, 0.1) is 12.7 Å². The van der Waals surface area contributed by atoms with Gasteiger partial charge < -0.3 is 19.7 Å². The molecule has 1 amide bonds. The van der Waals surface area contributed by atoms with Gasteiger partial charge in [-0.3, -0.25) is 4.79 Å². The highest BCUT2D eigenvalue weighted by Crippen LogP contribution is 2.02. The standard InChI is InChI=1S/C11H18N2O3/c1-9(14)8-12-11(15)10-4-3-5-13(10)6-7-16-2/h3-5,9,14H,6-8H2,1-2H3,(H,12,15). The molecular weight excluding hydrogens is 208 g/mol. The molecule has 90 valence electrons. The summed E-state index contributed by atoms with van der Waals surface area (Å²) in [7, 11) is 1.62. The van der Waals surface area contributed by atoms with Gasteiger partial charge >= 0.3 is 0 Å². The van der Waals surface area contributed by atoms with Crippen LogP contribution in [0.3, 0.4) is 0 Å². The van der Waals surface area contributed by atoms with Gasteiger partial charge in [0, 0.05) is 26.4 Å². The second-order valence-corrected chi connectivity index (χ2v) is 3.64. The lowest BCUT2D eigenvalue weighted by Crippen LogP contribution is -2.32. The monoisotopic (exact) mass is 226 g/mol. The SMILES string of the molecule is COCCn1cccc1C(=O)NCC(C)O. The molecule has 1 rings (SSSR count).